The Kier molecular flexibility index (Phi) is 3.86. The summed E-state index contributed by atoms with van der Waals surface area (Å²) < 4.78 is 30.7. The van der Waals surface area contributed by atoms with Gasteiger partial charge in [-0.1, -0.05) is 13.8 Å². The summed E-state index contributed by atoms with van der Waals surface area (Å²) in [6.45, 7) is 5.39. The second kappa shape index (κ2) is 4.78. The van der Waals surface area contributed by atoms with E-state index >= 15 is 0 Å². The molecule has 16 heavy (non-hydrogen) atoms. The van der Waals surface area contributed by atoms with Crippen molar-refractivity contribution in [3.8, 4) is 5.75 Å². The monoisotopic (exact) mass is 230 g/mol. The first-order valence-corrected chi connectivity index (χ1v) is 5.13. The van der Waals surface area contributed by atoms with Crippen molar-refractivity contribution in [3.05, 3.63) is 29.8 Å². The lowest BCUT2D eigenvalue weighted by Gasteiger charge is -2.27. The van der Waals surface area contributed by atoms with Crippen LogP contribution in [0.4, 0.5) is 8.78 Å². The van der Waals surface area contributed by atoms with Crippen LogP contribution in [0.5, 0.6) is 5.75 Å². The number of aliphatic hydroxyl groups is 1. The highest BCUT2D eigenvalue weighted by atomic mass is 19.2. The predicted octanol–water partition coefficient (Wildman–Crippen LogP) is 2.75. The van der Waals surface area contributed by atoms with Crippen molar-refractivity contribution < 1.29 is 18.6 Å². The molecule has 0 heterocycles. The average Bonchev–Trinajstić information content (AvgIpc) is 2.20. The van der Waals surface area contributed by atoms with Crippen LogP contribution in [0.2, 0.25) is 0 Å². The number of ether oxygens (including phenoxy) is 1. The molecule has 1 unspecified atom stereocenters. The van der Waals surface area contributed by atoms with Crippen molar-refractivity contribution in [2.24, 2.45) is 5.92 Å². The molecule has 0 fully saturated rings. The first-order chi connectivity index (χ1) is 7.33. The molecule has 0 aromatic heterocycles. The molecule has 0 radical (unpaired) electrons. The lowest BCUT2D eigenvalue weighted by molar-refractivity contribution is -0.0267. The van der Waals surface area contributed by atoms with E-state index < -0.39 is 17.2 Å². The molecule has 0 aliphatic carbocycles. The average molecular weight is 230 g/mol. The number of rotatable bonds is 4. The highest BCUT2D eigenvalue weighted by Crippen LogP contribution is 2.20. The standard InChI is InChI=1S/C12H16F2O2/c1-8(2)12(3,15)7-16-9-4-5-10(13)11(14)6-9/h4-6,8,15H,7H2,1-3H3. The van der Waals surface area contributed by atoms with Crippen LogP contribution in [0.25, 0.3) is 0 Å². The fourth-order valence-corrected chi connectivity index (χ4v) is 0.963. The summed E-state index contributed by atoms with van der Waals surface area (Å²) >= 11 is 0. The lowest BCUT2D eigenvalue weighted by Crippen LogP contribution is -2.37. The van der Waals surface area contributed by atoms with Gasteiger partial charge in [0.2, 0.25) is 0 Å². The van der Waals surface area contributed by atoms with Gasteiger partial charge >= 0.3 is 0 Å². The van der Waals surface area contributed by atoms with Gasteiger partial charge < -0.3 is 9.84 Å². The molecule has 2 nitrogen and oxygen atoms in total. The van der Waals surface area contributed by atoms with Crippen molar-refractivity contribution in [2.45, 2.75) is 26.4 Å². The van der Waals surface area contributed by atoms with E-state index in [1.165, 1.54) is 6.07 Å². The number of benzene rings is 1. The second-order valence-corrected chi connectivity index (χ2v) is 4.38. The summed E-state index contributed by atoms with van der Waals surface area (Å²) in [6, 6.07) is 3.29. The fourth-order valence-electron chi connectivity index (χ4n) is 0.963. The molecule has 0 saturated carbocycles. The Balaban J connectivity index is 2.65. The maximum absolute atomic E-state index is 12.8. The first kappa shape index (κ1) is 12.9. The summed E-state index contributed by atoms with van der Waals surface area (Å²) in [4.78, 5) is 0. The van der Waals surface area contributed by atoms with E-state index in [0.29, 0.717) is 0 Å². The van der Waals surface area contributed by atoms with Crippen molar-refractivity contribution >= 4 is 0 Å². The topological polar surface area (TPSA) is 29.5 Å². The van der Waals surface area contributed by atoms with Crippen LogP contribution in [0.15, 0.2) is 18.2 Å². The summed E-state index contributed by atoms with van der Waals surface area (Å²) in [7, 11) is 0. The van der Waals surface area contributed by atoms with Gasteiger partial charge in [-0.2, -0.15) is 0 Å². The smallest absolute Gasteiger partial charge is 0.162 e. The molecule has 1 atom stereocenters. The van der Waals surface area contributed by atoms with Gasteiger partial charge in [0.25, 0.3) is 0 Å². The maximum Gasteiger partial charge on any atom is 0.162 e. The number of halogens is 2. The SMILES string of the molecule is CC(C)C(C)(O)COc1ccc(F)c(F)c1. The van der Waals surface area contributed by atoms with E-state index in [1.807, 2.05) is 13.8 Å². The molecular formula is C12H16F2O2. The molecule has 0 aliphatic heterocycles. The zero-order valence-electron chi connectivity index (χ0n) is 9.63. The molecule has 1 aromatic carbocycles. The van der Waals surface area contributed by atoms with Gasteiger partial charge in [0.1, 0.15) is 12.4 Å². The Bertz CT molecular complexity index is 362. The van der Waals surface area contributed by atoms with E-state index in [1.54, 1.807) is 6.92 Å². The molecule has 0 bridgehead atoms. The lowest BCUT2D eigenvalue weighted by atomic mass is 9.94. The van der Waals surface area contributed by atoms with Gasteiger partial charge in [0, 0.05) is 6.07 Å². The molecule has 0 spiro atoms. The van der Waals surface area contributed by atoms with Gasteiger partial charge in [-0.15, -0.1) is 0 Å². The first-order valence-electron chi connectivity index (χ1n) is 5.13. The van der Waals surface area contributed by atoms with E-state index in [9.17, 15) is 13.9 Å². The summed E-state index contributed by atoms with van der Waals surface area (Å²) in [5.41, 5.74) is -0.995. The highest BCUT2D eigenvalue weighted by Gasteiger charge is 2.25. The second-order valence-electron chi connectivity index (χ2n) is 4.38. The van der Waals surface area contributed by atoms with Crippen LogP contribution >= 0.6 is 0 Å². The Morgan fingerprint density at radius 1 is 1.31 bits per heavy atom. The Morgan fingerprint density at radius 3 is 2.44 bits per heavy atom. The molecule has 90 valence electrons. The normalized spacial score (nSPS) is 14.9. The zero-order chi connectivity index (χ0) is 12.3. The third-order valence-electron chi connectivity index (χ3n) is 2.67. The highest BCUT2D eigenvalue weighted by molar-refractivity contribution is 5.23. The minimum Gasteiger partial charge on any atom is -0.490 e. The van der Waals surface area contributed by atoms with Gasteiger partial charge in [0.05, 0.1) is 5.60 Å². The van der Waals surface area contributed by atoms with Crippen molar-refractivity contribution in [1.29, 1.82) is 0 Å². The maximum atomic E-state index is 12.8. The Hall–Kier alpha value is -1.16. The van der Waals surface area contributed by atoms with Crippen molar-refractivity contribution in [3.63, 3.8) is 0 Å². The molecule has 1 N–H and O–H groups in total. The van der Waals surface area contributed by atoms with Crippen LogP contribution in [0, 0.1) is 17.6 Å². The van der Waals surface area contributed by atoms with Gasteiger partial charge in [-0.3, -0.25) is 0 Å². The van der Waals surface area contributed by atoms with Crippen molar-refractivity contribution in [2.75, 3.05) is 6.61 Å². The number of hydrogen-bond donors (Lipinski definition) is 1. The minimum absolute atomic E-state index is 0.0118. The third-order valence-corrected chi connectivity index (χ3v) is 2.67. The quantitative estimate of drug-likeness (QED) is 0.861. The molecule has 0 aliphatic rings. The van der Waals surface area contributed by atoms with Crippen LogP contribution < -0.4 is 4.74 Å². The van der Waals surface area contributed by atoms with Gasteiger partial charge in [-0.25, -0.2) is 8.78 Å². The molecular weight excluding hydrogens is 214 g/mol. The van der Waals surface area contributed by atoms with Crippen molar-refractivity contribution in [1.82, 2.24) is 0 Å². The largest absolute Gasteiger partial charge is 0.490 e. The fraction of sp³-hybridized carbons (Fsp3) is 0.500. The van der Waals surface area contributed by atoms with Crippen LogP contribution in [-0.4, -0.2) is 17.3 Å². The molecule has 1 aromatic rings. The van der Waals surface area contributed by atoms with E-state index in [2.05, 4.69) is 0 Å². The summed E-state index contributed by atoms with van der Waals surface area (Å²) in [5.74, 6) is -1.65. The molecule has 0 amide bonds. The Morgan fingerprint density at radius 2 is 1.94 bits per heavy atom. The predicted molar refractivity (Wildman–Crippen MR) is 57.3 cm³/mol. The van der Waals surface area contributed by atoms with Gasteiger partial charge in [0.15, 0.2) is 11.6 Å². The van der Waals surface area contributed by atoms with Crippen LogP contribution in [0.3, 0.4) is 0 Å². The van der Waals surface area contributed by atoms with Crippen LogP contribution in [0.1, 0.15) is 20.8 Å². The minimum atomic E-state index is -0.995. The third kappa shape index (κ3) is 3.17. The van der Waals surface area contributed by atoms with E-state index in [0.717, 1.165) is 12.1 Å². The van der Waals surface area contributed by atoms with Crippen LogP contribution in [-0.2, 0) is 0 Å². The van der Waals surface area contributed by atoms with Gasteiger partial charge in [-0.05, 0) is 25.0 Å². The summed E-state index contributed by atoms with van der Waals surface area (Å²) in [6.07, 6.45) is 0. The molecule has 1 rings (SSSR count). The molecule has 4 heteroatoms. The zero-order valence-corrected chi connectivity index (χ0v) is 9.63. The van der Waals surface area contributed by atoms with E-state index in [4.69, 9.17) is 4.74 Å². The Labute approximate surface area is 93.9 Å². The number of hydrogen-bond acceptors (Lipinski definition) is 2. The summed E-state index contributed by atoms with van der Waals surface area (Å²) in [5, 5.41) is 9.88. The van der Waals surface area contributed by atoms with E-state index in [-0.39, 0.29) is 18.3 Å². The molecule has 0 saturated heterocycles.